The minimum Gasteiger partial charge on any atom is -0.467 e. The number of morpholine rings is 1. The van der Waals surface area contributed by atoms with Gasteiger partial charge in [0.2, 0.25) is 11.9 Å². The fourth-order valence-corrected chi connectivity index (χ4v) is 5.09. The Labute approximate surface area is 187 Å². The van der Waals surface area contributed by atoms with Crippen molar-refractivity contribution < 1.29 is 13.9 Å². The Morgan fingerprint density at radius 1 is 1.30 bits per heavy atom. The number of nitrogens with zero attached hydrogens (tertiary/aromatic N) is 5. The predicted molar refractivity (Wildman–Crippen MR) is 117 cm³/mol. The number of thiophene rings is 1. The smallest absolute Gasteiger partial charge is 0.233 e. The highest BCUT2D eigenvalue weighted by Crippen LogP contribution is 2.26. The summed E-state index contributed by atoms with van der Waals surface area (Å²) in [5.74, 6) is 1.87. The van der Waals surface area contributed by atoms with E-state index in [9.17, 15) is 4.79 Å². The molecular weight excluding hydrogens is 446 g/mol. The molecule has 1 fully saturated rings. The molecule has 3 aromatic heterocycles. The standard InChI is InChI=1S/C19H22ClN5O3S2/c1-23(12-15-4-5-16(20)30-15)17(26)13-29-19-22-21-18(24-6-9-27-10-7-24)25(19)11-14-3-2-8-28-14/h2-5,8H,6-7,9-13H2,1H3. The number of rotatable bonds is 8. The van der Waals surface area contributed by atoms with Crippen molar-refractivity contribution >= 4 is 46.6 Å². The van der Waals surface area contributed by atoms with Crippen molar-refractivity contribution in [2.24, 2.45) is 0 Å². The van der Waals surface area contributed by atoms with Crippen molar-refractivity contribution in [1.82, 2.24) is 19.7 Å². The SMILES string of the molecule is CN(Cc1ccc(Cl)s1)C(=O)CSc1nnc(N2CCOCC2)n1Cc1ccco1. The predicted octanol–water partition coefficient (Wildman–Crippen LogP) is 3.22. The molecule has 160 valence electrons. The Hall–Kier alpha value is -2.01. The summed E-state index contributed by atoms with van der Waals surface area (Å²) in [6, 6.07) is 7.57. The topological polar surface area (TPSA) is 76.6 Å². The molecule has 0 unspecified atom stereocenters. The number of hydrogen-bond acceptors (Lipinski definition) is 8. The molecule has 0 N–H and O–H groups in total. The lowest BCUT2D eigenvalue weighted by Crippen LogP contribution is -2.38. The monoisotopic (exact) mass is 467 g/mol. The lowest BCUT2D eigenvalue weighted by atomic mass is 10.4. The van der Waals surface area contributed by atoms with E-state index in [1.165, 1.54) is 23.1 Å². The first-order valence-corrected chi connectivity index (χ1v) is 11.7. The average Bonchev–Trinajstić information content (AvgIpc) is 3.49. The lowest BCUT2D eigenvalue weighted by molar-refractivity contribution is -0.127. The number of hydrogen-bond donors (Lipinski definition) is 0. The number of halogens is 1. The second-order valence-electron chi connectivity index (χ2n) is 6.79. The molecule has 0 aliphatic carbocycles. The van der Waals surface area contributed by atoms with Crippen molar-refractivity contribution in [3.05, 3.63) is 45.5 Å². The van der Waals surface area contributed by atoms with Crippen molar-refractivity contribution in [2.75, 3.05) is 44.0 Å². The Kier molecular flexibility index (Phi) is 6.98. The second kappa shape index (κ2) is 9.86. The maximum atomic E-state index is 12.6. The van der Waals surface area contributed by atoms with E-state index in [0.29, 0.717) is 31.5 Å². The van der Waals surface area contributed by atoms with Gasteiger partial charge < -0.3 is 19.0 Å². The lowest BCUT2D eigenvalue weighted by Gasteiger charge is -2.27. The van der Waals surface area contributed by atoms with Crippen LogP contribution in [0.25, 0.3) is 0 Å². The van der Waals surface area contributed by atoms with Crippen LogP contribution in [0.3, 0.4) is 0 Å². The van der Waals surface area contributed by atoms with Gasteiger partial charge >= 0.3 is 0 Å². The summed E-state index contributed by atoms with van der Waals surface area (Å²) in [4.78, 5) is 17.5. The molecule has 0 bridgehead atoms. The van der Waals surface area contributed by atoms with Gasteiger partial charge in [-0.15, -0.1) is 21.5 Å². The van der Waals surface area contributed by atoms with Crippen LogP contribution in [0.5, 0.6) is 0 Å². The molecule has 4 heterocycles. The molecular formula is C19H22ClN5O3S2. The van der Waals surface area contributed by atoms with Gasteiger partial charge in [-0.3, -0.25) is 9.36 Å². The van der Waals surface area contributed by atoms with E-state index < -0.39 is 0 Å². The number of ether oxygens (including phenoxy) is 1. The molecule has 0 spiro atoms. The minimum atomic E-state index is 0.0185. The van der Waals surface area contributed by atoms with E-state index in [1.807, 2.05) is 28.8 Å². The maximum Gasteiger partial charge on any atom is 0.233 e. The number of amides is 1. The molecule has 3 aromatic rings. The number of furan rings is 1. The summed E-state index contributed by atoms with van der Waals surface area (Å²) in [6.07, 6.45) is 1.65. The first kappa shape index (κ1) is 21.2. The van der Waals surface area contributed by atoms with Crippen LogP contribution in [0.4, 0.5) is 5.95 Å². The van der Waals surface area contributed by atoms with Crippen molar-refractivity contribution in [3.8, 4) is 0 Å². The van der Waals surface area contributed by atoms with Crippen LogP contribution in [0.2, 0.25) is 4.34 Å². The molecule has 1 saturated heterocycles. The van der Waals surface area contributed by atoms with Crippen LogP contribution in [-0.4, -0.2) is 64.7 Å². The molecule has 0 radical (unpaired) electrons. The molecule has 1 aliphatic heterocycles. The van der Waals surface area contributed by atoms with Gasteiger partial charge in [-0.2, -0.15) is 0 Å². The average molecular weight is 468 g/mol. The summed E-state index contributed by atoms with van der Waals surface area (Å²) in [7, 11) is 1.79. The zero-order chi connectivity index (χ0) is 20.9. The van der Waals surface area contributed by atoms with Crippen molar-refractivity contribution in [2.45, 2.75) is 18.2 Å². The molecule has 0 saturated carbocycles. The first-order valence-electron chi connectivity index (χ1n) is 9.49. The van der Waals surface area contributed by atoms with Gasteiger partial charge in [0.1, 0.15) is 5.76 Å². The van der Waals surface area contributed by atoms with Crippen LogP contribution < -0.4 is 4.90 Å². The quantitative estimate of drug-likeness (QED) is 0.471. The Morgan fingerprint density at radius 3 is 2.83 bits per heavy atom. The van der Waals surface area contributed by atoms with Gasteiger partial charge in [0.25, 0.3) is 0 Å². The number of anilines is 1. The van der Waals surface area contributed by atoms with E-state index in [0.717, 1.165) is 34.0 Å². The Balaban J connectivity index is 1.44. The third-order valence-electron chi connectivity index (χ3n) is 4.66. The highest BCUT2D eigenvalue weighted by atomic mass is 35.5. The molecule has 0 atom stereocenters. The summed E-state index contributed by atoms with van der Waals surface area (Å²) < 4.78 is 13.7. The van der Waals surface area contributed by atoms with Gasteiger partial charge in [-0.05, 0) is 24.3 Å². The molecule has 8 nitrogen and oxygen atoms in total. The van der Waals surface area contributed by atoms with Crippen LogP contribution >= 0.6 is 34.7 Å². The van der Waals surface area contributed by atoms with Gasteiger partial charge in [-0.25, -0.2) is 0 Å². The first-order chi connectivity index (χ1) is 14.6. The minimum absolute atomic E-state index is 0.0185. The number of thioether (sulfide) groups is 1. The van der Waals surface area contributed by atoms with Gasteiger partial charge in [0.15, 0.2) is 5.16 Å². The fraction of sp³-hybridized carbons (Fsp3) is 0.421. The number of carbonyl (C=O) groups excluding carboxylic acids is 1. The Bertz CT molecular complexity index is 969. The molecule has 30 heavy (non-hydrogen) atoms. The molecule has 4 rings (SSSR count). The maximum absolute atomic E-state index is 12.6. The largest absolute Gasteiger partial charge is 0.467 e. The highest BCUT2D eigenvalue weighted by Gasteiger charge is 2.22. The summed E-state index contributed by atoms with van der Waals surface area (Å²) in [6.45, 7) is 3.87. The van der Waals surface area contributed by atoms with Gasteiger partial charge in [0, 0.05) is 25.0 Å². The van der Waals surface area contributed by atoms with Gasteiger partial charge in [0.05, 0.1) is 42.7 Å². The van der Waals surface area contributed by atoms with E-state index in [1.54, 1.807) is 18.2 Å². The molecule has 1 aliphatic rings. The van der Waals surface area contributed by atoms with Crippen LogP contribution in [0, 0.1) is 0 Å². The number of aromatic nitrogens is 3. The molecule has 1 amide bonds. The van der Waals surface area contributed by atoms with Crippen LogP contribution in [0.15, 0.2) is 40.1 Å². The summed E-state index contributed by atoms with van der Waals surface area (Å²) >= 11 is 8.85. The highest BCUT2D eigenvalue weighted by molar-refractivity contribution is 7.99. The van der Waals surface area contributed by atoms with E-state index >= 15 is 0 Å². The Morgan fingerprint density at radius 2 is 2.13 bits per heavy atom. The zero-order valence-electron chi connectivity index (χ0n) is 16.5. The fourth-order valence-electron chi connectivity index (χ4n) is 3.08. The zero-order valence-corrected chi connectivity index (χ0v) is 18.9. The van der Waals surface area contributed by atoms with Crippen molar-refractivity contribution in [1.29, 1.82) is 0 Å². The molecule has 0 aromatic carbocycles. The normalized spacial score (nSPS) is 14.3. The van der Waals surface area contributed by atoms with Crippen LogP contribution in [0.1, 0.15) is 10.6 Å². The third-order valence-corrected chi connectivity index (χ3v) is 6.83. The second-order valence-corrected chi connectivity index (χ2v) is 9.53. The number of carbonyl (C=O) groups is 1. The van der Waals surface area contributed by atoms with Crippen LogP contribution in [-0.2, 0) is 22.6 Å². The summed E-state index contributed by atoms with van der Waals surface area (Å²) in [5, 5.41) is 9.44. The molecule has 11 heteroatoms. The van der Waals surface area contributed by atoms with E-state index in [2.05, 4.69) is 15.1 Å². The van der Waals surface area contributed by atoms with E-state index in [-0.39, 0.29) is 11.7 Å². The summed E-state index contributed by atoms with van der Waals surface area (Å²) in [5.41, 5.74) is 0. The van der Waals surface area contributed by atoms with Crippen molar-refractivity contribution in [3.63, 3.8) is 0 Å². The van der Waals surface area contributed by atoms with E-state index in [4.69, 9.17) is 20.8 Å². The van der Waals surface area contributed by atoms with Gasteiger partial charge in [-0.1, -0.05) is 23.4 Å². The third kappa shape index (κ3) is 5.18.